The number of rotatable bonds is 2. The molecule has 4 rings (SSSR count). The van der Waals surface area contributed by atoms with Gasteiger partial charge in [0.2, 0.25) is 5.95 Å². The normalized spacial score (nSPS) is 16.4. The van der Waals surface area contributed by atoms with Crippen molar-refractivity contribution in [2.75, 3.05) is 18.0 Å². The van der Waals surface area contributed by atoms with Crippen LogP contribution in [0.2, 0.25) is 0 Å². The standard InChI is InChI=1S/C17H14F4N4O/c18-11-1-2-12-13(9-11)26-24-15(12)10-4-7-25(8-5-10)16-22-6-3-14(23-16)17(19,20)21/h1-3,6,9-10H,4-5,7-8H2. The topological polar surface area (TPSA) is 55.1 Å². The first-order valence-electron chi connectivity index (χ1n) is 8.12. The zero-order chi connectivity index (χ0) is 18.3. The van der Waals surface area contributed by atoms with Gasteiger partial charge >= 0.3 is 6.18 Å². The Balaban J connectivity index is 1.50. The molecule has 2 aromatic heterocycles. The maximum atomic E-state index is 13.3. The van der Waals surface area contributed by atoms with Crippen molar-refractivity contribution >= 4 is 16.9 Å². The molecule has 9 heteroatoms. The quantitative estimate of drug-likeness (QED) is 0.638. The van der Waals surface area contributed by atoms with Gasteiger partial charge in [0.15, 0.2) is 5.58 Å². The number of benzene rings is 1. The van der Waals surface area contributed by atoms with Crippen molar-refractivity contribution < 1.29 is 22.1 Å². The number of halogens is 4. The lowest BCUT2D eigenvalue weighted by Crippen LogP contribution is -2.34. The van der Waals surface area contributed by atoms with E-state index in [0.717, 1.165) is 23.3 Å². The molecule has 0 atom stereocenters. The third-order valence-corrected chi connectivity index (χ3v) is 4.56. The molecule has 3 aromatic rings. The van der Waals surface area contributed by atoms with Gasteiger partial charge in [-0.3, -0.25) is 0 Å². The molecule has 5 nitrogen and oxygen atoms in total. The summed E-state index contributed by atoms with van der Waals surface area (Å²) in [6, 6.07) is 5.14. The predicted octanol–water partition coefficient (Wildman–Crippen LogP) is 4.16. The van der Waals surface area contributed by atoms with E-state index in [9.17, 15) is 17.6 Å². The van der Waals surface area contributed by atoms with Crippen LogP contribution in [0, 0.1) is 5.82 Å². The van der Waals surface area contributed by atoms with Crippen LogP contribution in [0.5, 0.6) is 0 Å². The van der Waals surface area contributed by atoms with Gasteiger partial charge in [0.25, 0.3) is 0 Å². The average molecular weight is 366 g/mol. The van der Waals surface area contributed by atoms with Crippen LogP contribution in [0.15, 0.2) is 35.0 Å². The largest absolute Gasteiger partial charge is 0.433 e. The van der Waals surface area contributed by atoms with Gasteiger partial charge in [0, 0.05) is 36.7 Å². The molecule has 0 radical (unpaired) electrons. The molecule has 0 spiro atoms. The number of alkyl halides is 3. The lowest BCUT2D eigenvalue weighted by molar-refractivity contribution is -0.141. The fraction of sp³-hybridized carbons (Fsp3) is 0.353. The van der Waals surface area contributed by atoms with Crippen molar-refractivity contribution in [1.82, 2.24) is 15.1 Å². The van der Waals surface area contributed by atoms with Crippen molar-refractivity contribution in [1.29, 1.82) is 0 Å². The smallest absolute Gasteiger partial charge is 0.356 e. The molecule has 0 aliphatic carbocycles. The van der Waals surface area contributed by atoms with E-state index in [1.54, 1.807) is 11.0 Å². The van der Waals surface area contributed by atoms with Crippen molar-refractivity contribution in [3.63, 3.8) is 0 Å². The fourth-order valence-electron chi connectivity index (χ4n) is 3.24. The van der Waals surface area contributed by atoms with Gasteiger partial charge in [0.1, 0.15) is 11.5 Å². The van der Waals surface area contributed by atoms with Gasteiger partial charge in [-0.05, 0) is 31.0 Å². The van der Waals surface area contributed by atoms with Crippen molar-refractivity contribution in [2.24, 2.45) is 0 Å². The predicted molar refractivity (Wildman–Crippen MR) is 85.2 cm³/mol. The number of nitrogens with zero attached hydrogens (tertiary/aromatic N) is 4. The second-order valence-corrected chi connectivity index (χ2v) is 6.21. The highest BCUT2D eigenvalue weighted by Gasteiger charge is 2.34. The van der Waals surface area contributed by atoms with E-state index >= 15 is 0 Å². The summed E-state index contributed by atoms with van der Waals surface area (Å²) in [5.74, 6) is -0.231. The first kappa shape index (κ1) is 16.7. The number of piperidine rings is 1. The summed E-state index contributed by atoms with van der Waals surface area (Å²) in [6.45, 7) is 1.00. The summed E-state index contributed by atoms with van der Waals surface area (Å²) >= 11 is 0. The molecule has 0 N–H and O–H groups in total. The third-order valence-electron chi connectivity index (χ3n) is 4.56. The van der Waals surface area contributed by atoms with E-state index in [1.807, 2.05) is 0 Å². The molecule has 3 heterocycles. The SMILES string of the molecule is Fc1ccc2c(C3CCN(c4nccc(C(F)(F)F)n4)CC3)noc2c1. The minimum absolute atomic E-state index is 0.0744. The first-order chi connectivity index (χ1) is 12.4. The summed E-state index contributed by atoms with van der Waals surface area (Å²) in [7, 11) is 0. The van der Waals surface area contributed by atoms with Gasteiger partial charge < -0.3 is 9.42 Å². The van der Waals surface area contributed by atoms with Crippen molar-refractivity contribution in [3.8, 4) is 0 Å². The second-order valence-electron chi connectivity index (χ2n) is 6.21. The molecule has 136 valence electrons. The monoisotopic (exact) mass is 366 g/mol. The Morgan fingerprint density at radius 3 is 2.62 bits per heavy atom. The van der Waals surface area contributed by atoms with E-state index in [4.69, 9.17) is 4.52 Å². The number of anilines is 1. The Morgan fingerprint density at radius 1 is 1.12 bits per heavy atom. The summed E-state index contributed by atoms with van der Waals surface area (Å²) in [5, 5.41) is 4.83. The molecule has 0 bridgehead atoms. The fourth-order valence-corrected chi connectivity index (χ4v) is 3.24. The summed E-state index contributed by atoms with van der Waals surface area (Å²) in [6.07, 6.45) is -2.04. The Hall–Kier alpha value is -2.71. The highest BCUT2D eigenvalue weighted by atomic mass is 19.4. The maximum Gasteiger partial charge on any atom is 0.433 e. The lowest BCUT2D eigenvalue weighted by Gasteiger charge is -2.31. The van der Waals surface area contributed by atoms with Crippen LogP contribution < -0.4 is 4.90 Å². The van der Waals surface area contributed by atoms with Crippen LogP contribution in [0.4, 0.5) is 23.5 Å². The molecule has 0 unspecified atom stereocenters. The minimum Gasteiger partial charge on any atom is -0.356 e. The van der Waals surface area contributed by atoms with Crippen molar-refractivity contribution in [2.45, 2.75) is 24.9 Å². The lowest BCUT2D eigenvalue weighted by atomic mass is 9.92. The second kappa shape index (κ2) is 6.22. The average Bonchev–Trinajstić information content (AvgIpc) is 3.04. The number of hydrogen-bond donors (Lipinski definition) is 0. The Morgan fingerprint density at radius 2 is 1.88 bits per heavy atom. The molecule has 0 saturated carbocycles. The van der Waals surface area contributed by atoms with Gasteiger partial charge in [-0.2, -0.15) is 13.2 Å². The van der Waals surface area contributed by atoms with Gasteiger partial charge in [-0.15, -0.1) is 0 Å². The van der Waals surface area contributed by atoms with Crippen LogP contribution in [0.3, 0.4) is 0 Å². The number of fused-ring (bicyclic) bond motifs is 1. The van der Waals surface area contributed by atoms with Crippen LogP contribution in [-0.4, -0.2) is 28.2 Å². The molecular weight excluding hydrogens is 352 g/mol. The van der Waals surface area contributed by atoms with Crippen molar-refractivity contribution in [3.05, 3.63) is 47.7 Å². The molecule has 0 amide bonds. The summed E-state index contributed by atoms with van der Waals surface area (Å²) < 4.78 is 56.9. The highest BCUT2D eigenvalue weighted by molar-refractivity contribution is 5.79. The molecular formula is C17H14F4N4O. The van der Waals surface area contributed by atoms with Crippen LogP contribution >= 0.6 is 0 Å². The van der Waals surface area contributed by atoms with E-state index in [1.165, 1.54) is 12.1 Å². The number of hydrogen-bond acceptors (Lipinski definition) is 5. The summed E-state index contributed by atoms with van der Waals surface area (Å²) in [5.41, 5.74) is 0.197. The van der Waals surface area contributed by atoms with E-state index in [0.29, 0.717) is 31.5 Å². The molecule has 1 aliphatic rings. The molecule has 1 fully saturated rings. The Labute approximate surface area is 145 Å². The van der Waals surface area contributed by atoms with Crippen LogP contribution in [0.25, 0.3) is 11.0 Å². The third kappa shape index (κ3) is 3.09. The van der Waals surface area contributed by atoms with Gasteiger partial charge in [0.05, 0.1) is 5.69 Å². The van der Waals surface area contributed by atoms with Gasteiger partial charge in [-0.1, -0.05) is 5.16 Å². The highest BCUT2D eigenvalue weighted by Crippen LogP contribution is 2.34. The van der Waals surface area contributed by atoms with E-state index in [2.05, 4.69) is 15.1 Å². The zero-order valence-corrected chi connectivity index (χ0v) is 13.5. The molecule has 1 aromatic carbocycles. The molecule has 26 heavy (non-hydrogen) atoms. The van der Waals surface area contributed by atoms with Crippen LogP contribution in [-0.2, 0) is 6.18 Å². The maximum absolute atomic E-state index is 13.3. The minimum atomic E-state index is -4.50. The summed E-state index contributed by atoms with van der Waals surface area (Å²) in [4.78, 5) is 9.32. The zero-order valence-electron chi connectivity index (χ0n) is 13.5. The molecule has 1 saturated heterocycles. The Kier molecular flexibility index (Phi) is 4.01. The van der Waals surface area contributed by atoms with Gasteiger partial charge in [-0.25, -0.2) is 14.4 Å². The number of aromatic nitrogens is 3. The van der Waals surface area contributed by atoms with E-state index in [-0.39, 0.29) is 11.9 Å². The first-order valence-corrected chi connectivity index (χ1v) is 8.12. The molecule has 1 aliphatic heterocycles. The van der Waals surface area contributed by atoms with E-state index < -0.39 is 17.7 Å². The van der Waals surface area contributed by atoms with Crippen LogP contribution in [0.1, 0.15) is 30.1 Å². The Bertz CT molecular complexity index is 932.